The van der Waals surface area contributed by atoms with E-state index in [4.69, 9.17) is 18.9 Å². The summed E-state index contributed by atoms with van der Waals surface area (Å²) >= 11 is 0. The van der Waals surface area contributed by atoms with Crippen LogP contribution in [-0.2, 0) is 0 Å². The van der Waals surface area contributed by atoms with E-state index in [-0.39, 0.29) is 11.5 Å². The highest BCUT2D eigenvalue weighted by Crippen LogP contribution is 2.36. The summed E-state index contributed by atoms with van der Waals surface area (Å²) < 4.78 is 21.9. The lowest BCUT2D eigenvalue weighted by Crippen LogP contribution is -1.90. The molecule has 5 nitrogen and oxygen atoms in total. The molecular weight excluding hydrogens is 320 g/mol. The number of phenols is 1. The molecule has 0 fully saturated rings. The smallest absolute Gasteiger partial charge is 0.172 e. The van der Waals surface area contributed by atoms with Crippen molar-refractivity contribution < 1.29 is 24.1 Å². The lowest BCUT2D eigenvalue weighted by Gasteiger charge is -2.12. The van der Waals surface area contributed by atoms with Gasteiger partial charge < -0.3 is 24.1 Å². The Morgan fingerprint density at radius 3 is 1.72 bits per heavy atom. The molecule has 0 atom stereocenters. The van der Waals surface area contributed by atoms with Crippen molar-refractivity contribution in [1.82, 2.24) is 0 Å². The number of ether oxygens (including phenoxy) is 4. The van der Waals surface area contributed by atoms with E-state index < -0.39 is 0 Å². The average Bonchev–Trinajstić information content (AvgIpc) is 2.65. The topological polar surface area (TPSA) is 57.2 Å². The van der Waals surface area contributed by atoms with Crippen molar-refractivity contribution >= 4 is 0 Å². The van der Waals surface area contributed by atoms with E-state index >= 15 is 0 Å². The Hall–Kier alpha value is -3.34. The first-order valence-corrected chi connectivity index (χ1v) is 7.65. The maximum Gasteiger partial charge on any atom is 0.172 e. The number of methoxy groups -OCH3 is 2. The number of hydrogen-bond donors (Lipinski definition) is 1. The Morgan fingerprint density at radius 2 is 1.12 bits per heavy atom. The van der Waals surface area contributed by atoms with Crippen molar-refractivity contribution in [3.05, 3.63) is 66.7 Å². The largest absolute Gasteiger partial charge is 0.504 e. The monoisotopic (exact) mass is 338 g/mol. The third kappa shape index (κ3) is 4.14. The van der Waals surface area contributed by atoms with Gasteiger partial charge in [0.15, 0.2) is 11.5 Å². The van der Waals surface area contributed by atoms with E-state index in [1.807, 2.05) is 30.3 Å². The van der Waals surface area contributed by atoms with Gasteiger partial charge in [-0.05, 0) is 36.4 Å². The molecule has 5 heteroatoms. The summed E-state index contributed by atoms with van der Waals surface area (Å²) in [4.78, 5) is 0. The molecule has 0 radical (unpaired) electrons. The fraction of sp³-hybridized carbons (Fsp3) is 0.100. The van der Waals surface area contributed by atoms with Gasteiger partial charge in [-0.3, -0.25) is 0 Å². The Balaban J connectivity index is 1.82. The first kappa shape index (κ1) is 16.5. The van der Waals surface area contributed by atoms with Crippen molar-refractivity contribution in [2.45, 2.75) is 0 Å². The Labute approximate surface area is 146 Å². The molecule has 0 aliphatic rings. The number of benzene rings is 3. The van der Waals surface area contributed by atoms with Gasteiger partial charge in [0.25, 0.3) is 0 Å². The molecule has 25 heavy (non-hydrogen) atoms. The van der Waals surface area contributed by atoms with Crippen LogP contribution in [0.3, 0.4) is 0 Å². The molecule has 0 unspecified atom stereocenters. The SMILES string of the molecule is COc1cccc(Oc2ccc(O)c(Oc3cccc(OC)c3)c2)c1. The van der Waals surface area contributed by atoms with Gasteiger partial charge in [-0.2, -0.15) is 0 Å². The van der Waals surface area contributed by atoms with Crippen LogP contribution in [0.5, 0.6) is 40.2 Å². The molecule has 1 N–H and O–H groups in total. The summed E-state index contributed by atoms with van der Waals surface area (Å²) in [6.07, 6.45) is 0. The van der Waals surface area contributed by atoms with Crippen molar-refractivity contribution in [3.63, 3.8) is 0 Å². The summed E-state index contributed by atoms with van der Waals surface area (Å²) in [6.45, 7) is 0. The molecule has 0 aliphatic heterocycles. The molecule has 3 rings (SSSR count). The van der Waals surface area contributed by atoms with Gasteiger partial charge in [0, 0.05) is 18.2 Å². The van der Waals surface area contributed by atoms with Crippen LogP contribution in [0.1, 0.15) is 0 Å². The summed E-state index contributed by atoms with van der Waals surface area (Å²) in [7, 11) is 3.18. The van der Waals surface area contributed by atoms with Crippen molar-refractivity contribution in [2.24, 2.45) is 0 Å². The maximum absolute atomic E-state index is 10.0. The van der Waals surface area contributed by atoms with E-state index in [0.29, 0.717) is 28.7 Å². The van der Waals surface area contributed by atoms with E-state index in [9.17, 15) is 5.11 Å². The summed E-state index contributed by atoms with van der Waals surface area (Å²) in [5, 5.41) is 10.0. The summed E-state index contributed by atoms with van der Waals surface area (Å²) in [6, 6.07) is 19.2. The predicted molar refractivity (Wildman–Crippen MR) is 94.2 cm³/mol. The molecule has 3 aromatic carbocycles. The van der Waals surface area contributed by atoms with Crippen LogP contribution in [0.2, 0.25) is 0 Å². The number of phenolic OH excluding ortho intramolecular Hbond substituents is 1. The second-order valence-electron chi connectivity index (χ2n) is 5.19. The maximum atomic E-state index is 10.0. The molecule has 0 aromatic heterocycles. The van der Waals surface area contributed by atoms with Crippen LogP contribution < -0.4 is 18.9 Å². The van der Waals surface area contributed by atoms with E-state index in [0.717, 1.165) is 0 Å². The van der Waals surface area contributed by atoms with Crippen LogP contribution in [0, 0.1) is 0 Å². The molecule has 0 heterocycles. The van der Waals surface area contributed by atoms with Crippen LogP contribution >= 0.6 is 0 Å². The fourth-order valence-electron chi connectivity index (χ4n) is 2.23. The number of aromatic hydroxyl groups is 1. The highest BCUT2D eigenvalue weighted by molar-refractivity contribution is 5.49. The minimum absolute atomic E-state index is 0.0146. The minimum Gasteiger partial charge on any atom is -0.504 e. The summed E-state index contributed by atoms with van der Waals surface area (Å²) in [5.41, 5.74) is 0. The lowest BCUT2D eigenvalue weighted by atomic mass is 10.2. The van der Waals surface area contributed by atoms with Gasteiger partial charge in [0.2, 0.25) is 0 Å². The molecule has 0 saturated carbocycles. The standard InChI is InChI=1S/C20H18O5/c1-22-14-5-3-7-16(11-14)24-18-9-10-19(21)20(13-18)25-17-8-4-6-15(12-17)23-2/h3-13,21H,1-2H3. The molecule has 0 spiro atoms. The van der Waals surface area contributed by atoms with Gasteiger partial charge >= 0.3 is 0 Å². The zero-order valence-corrected chi connectivity index (χ0v) is 13.9. The van der Waals surface area contributed by atoms with Gasteiger partial charge in [-0.25, -0.2) is 0 Å². The van der Waals surface area contributed by atoms with E-state index in [2.05, 4.69) is 0 Å². The van der Waals surface area contributed by atoms with Gasteiger partial charge in [0.1, 0.15) is 28.7 Å². The molecule has 3 aromatic rings. The third-order valence-corrected chi connectivity index (χ3v) is 3.48. The van der Waals surface area contributed by atoms with Crippen LogP contribution in [0.15, 0.2) is 66.7 Å². The molecule has 0 amide bonds. The predicted octanol–water partition coefficient (Wildman–Crippen LogP) is 4.99. The zero-order valence-electron chi connectivity index (χ0n) is 13.9. The highest BCUT2D eigenvalue weighted by atomic mass is 16.5. The minimum atomic E-state index is 0.0146. The van der Waals surface area contributed by atoms with Crippen LogP contribution in [-0.4, -0.2) is 19.3 Å². The first-order valence-electron chi connectivity index (χ1n) is 7.65. The quantitative estimate of drug-likeness (QED) is 0.686. The molecule has 0 saturated heterocycles. The highest BCUT2D eigenvalue weighted by Gasteiger charge is 2.08. The van der Waals surface area contributed by atoms with E-state index in [1.165, 1.54) is 6.07 Å². The number of hydrogen-bond acceptors (Lipinski definition) is 5. The first-order chi connectivity index (χ1) is 12.2. The summed E-state index contributed by atoms with van der Waals surface area (Å²) in [5.74, 6) is 3.37. The molecule has 0 bridgehead atoms. The van der Waals surface area contributed by atoms with Gasteiger partial charge in [-0.1, -0.05) is 12.1 Å². The fourth-order valence-corrected chi connectivity index (χ4v) is 2.23. The van der Waals surface area contributed by atoms with Crippen molar-refractivity contribution in [1.29, 1.82) is 0 Å². The number of rotatable bonds is 6. The van der Waals surface area contributed by atoms with E-state index in [1.54, 1.807) is 44.6 Å². The van der Waals surface area contributed by atoms with Crippen molar-refractivity contribution in [3.8, 4) is 40.2 Å². The van der Waals surface area contributed by atoms with Crippen LogP contribution in [0.25, 0.3) is 0 Å². The second-order valence-corrected chi connectivity index (χ2v) is 5.19. The zero-order chi connectivity index (χ0) is 17.6. The average molecular weight is 338 g/mol. The Bertz CT molecular complexity index is 860. The Kier molecular flexibility index (Phi) is 4.95. The van der Waals surface area contributed by atoms with Crippen molar-refractivity contribution in [2.75, 3.05) is 14.2 Å². The third-order valence-electron chi connectivity index (χ3n) is 3.48. The Morgan fingerprint density at radius 1 is 0.600 bits per heavy atom. The second kappa shape index (κ2) is 7.49. The van der Waals surface area contributed by atoms with Crippen LogP contribution in [0.4, 0.5) is 0 Å². The van der Waals surface area contributed by atoms with Gasteiger partial charge in [0.05, 0.1) is 14.2 Å². The molecule has 128 valence electrons. The molecule has 0 aliphatic carbocycles. The lowest BCUT2D eigenvalue weighted by molar-refractivity contribution is 0.394. The molecular formula is C20H18O5. The normalized spacial score (nSPS) is 10.2. The van der Waals surface area contributed by atoms with Gasteiger partial charge in [-0.15, -0.1) is 0 Å².